The van der Waals surface area contributed by atoms with Crippen molar-refractivity contribution in [3.05, 3.63) is 72.0 Å². The summed E-state index contributed by atoms with van der Waals surface area (Å²) in [6.07, 6.45) is 3.55. The normalized spacial score (nSPS) is 14.5. The van der Waals surface area contributed by atoms with Crippen molar-refractivity contribution in [3.63, 3.8) is 0 Å². The summed E-state index contributed by atoms with van der Waals surface area (Å²) < 4.78 is 24.7. The number of halogens is 1. The van der Waals surface area contributed by atoms with Crippen molar-refractivity contribution in [2.24, 2.45) is 0 Å². The first-order valence-corrected chi connectivity index (χ1v) is 10.9. The topological polar surface area (TPSA) is 58.8 Å². The second kappa shape index (κ2) is 10.4. The predicted octanol–water partition coefficient (Wildman–Crippen LogP) is 4.16. The number of aromatic nitrogens is 1. The summed E-state index contributed by atoms with van der Waals surface area (Å²) in [4.78, 5) is 21.1. The highest BCUT2D eigenvalue weighted by Gasteiger charge is 2.22. The van der Waals surface area contributed by atoms with E-state index < -0.39 is 0 Å². The average Bonchev–Trinajstić information content (AvgIpc) is 3.29. The van der Waals surface area contributed by atoms with Gasteiger partial charge in [0.1, 0.15) is 11.6 Å². The molecule has 2 heterocycles. The maximum Gasteiger partial charge on any atom is 0.222 e. The molecule has 1 aliphatic rings. The second-order valence-electron chi connectivity index (χ2n) is 7.95. The lowest BCUT2D eigenvalue weighted by molar-refractivity contribution is -0.133. The number of piperazine rings is 1. The fourth-order valence-corrected chi connectivity index (χ4v) is 3.98. The molecule has 1 fully saturated rings. The van der Waals surface area contributed by atoms with E-state index >= 15 is 0 Å². The lowest BCUT2D eigenvalue weighted by atomic mass is 10.1. The van der Waals surface area contributed by atoms with E-state index in [0.717, 1.165) is 30.0 Å². The van der Waals surface area contributed by atoms with Gasteiger partial charge >= 0.3 is 0 Å². The van der Waals surface area contributed by atoms with Gasteiger partial charge in [0.2, 0.25) is 5.91 Å². The number of rotatable bonds is 8. The maximum atomic E-state index is 13.6. The minimum atomic E-state index is -0.267. The molecule has 2 aromatic carbocycles. The zero-order chi connectivity index (χ0) is 22.3. The lowest BCUT2D eigenvalue weighted by Crippen LogP contribution is -2.48. The third-order valence-corrected chi connectivity index (χ3v) is 5.75. The molecule has 3 aromatic rings. The van der Waals surface area contributed by atoms with E-state index in [1.165, 1.54) is 12.1 Å². The Hall–Kier alpha value is -3.19. The quantitative estimate of drug-likeness (QED) is 0.530. The van der Waals surface area contributed by atoms with Crippen LogP contribution in [0, 0.1) is 5.82 Å². The van der Waals surface area contributed by atoms with Crippen molar-refractivity contribution in [2.45, 2.75) is 25.8 Å². The van der Waals surface area contributed by atoms with Gasteiger partial charge in [-0.05, 0) is 24.6 Å². The number of oxazole rings is 1. The van der Waals surface area contributed by atoms with Crippen LogP contribution in [0.4, 0.5) is 4.39 Å². The van der Waals surface area contributed by atoms with Crippen molar-refractivity contribution in [2.75, 3.05) is 33.3 Å². The smallest absolute Gasteiger partial charge is 0.222 e. The van der Waals surface area contributed by atoms with Gasteiger partial charge in [0.25, 0.3) is 0 Å². The standard InChI is InChI=1S/C25H28FN3O3/c1-31-22-11-10-21(26)16-20(22)18-28-12-14-29(15-13-28)25(30)9-5-8-24-27-17-23(32-24)19-6-3-2-4-7-19/h2-4,6-7,10-11,16-17H,5,8-9,12-15,18H2,1H3. The largest absolute Gasteiger partial charge is 0.496 e. The third-order valence-electron chi connectivity index (χ3n) is 5.75. The van der Waals surface area contributed by atoms with E-state index in [0.29, 0.717) is 50.5 Å². The monoisotopic (exact) mass is 437 g/mol. The number of aryl methyl sites for hydroxylation is 1. The zero-order valence-corrected chi connectivity index (χ0v) is 18.3. The van der Waals surface area contributed by atoms with Gasteiger partial charge in [-0.2, -0.15) is 0 Å². The Kier molecular flexibility index (Phi) is 7.17. The van der Waals surface area contributed by atoms with Crippen LogP contribution in [-0.2, 0) is 17.8 Å². The van der Waals surface area contributed by atoms with Gasteiger partial charge in [-0.15, -0.1) is 0 Å². The number of nitrogens with zero attached hydrogens (tertiary/aromatic N) is 3. The fraction of sp³-hybridized carbons (Fsp3) is 0.360. The van der Waals surface area contributed by atoms with Crippen LogP contribution >= 0.6 is 0 Å². The summed E-state index contributed by atoms with van der Waals surface area (Å²) >= 11 is 0. The Bertz CT molecular complexity index is 1030. The molecule has 1 aliphatic heterocycles. The molecule has 0 unspecified atom stereocenters. The second-order valence-corrected chi connectivity index (χ2v) is 7.95. The van der Waals surface area contributed by atoms with Crippen molar-refractivity contribution >= 4 is 5.91 Å². The number of amides is 1. The molecule has 1 saturated heterocycles. The average molecular weight is 438 g/mol. The number of hydrogen-bond donors (Lipinski definition) is 0. The Labute approximate surface area is 187 Å². The number of methoxy groups -OCH3 is 1. The Morgan fingerprint density at radius 1 is 1.12 bits per heavy atom. The van der Waals surface area contributed by atoms with Crippen LogP contribution in [0.15, 0.2) is 59.1 Å². The van der Waals surface area contributed by atoms with Gasteiger partial charge in [0.15, 0.2) is 11.7 Å². The molecule has 0 bridgehead atoms. The summed E-state index contributed by atoms with van der Waals surface area (Å²) in [5.41, 5.74) is 1.82. The SMILES string of the molecule is COc1ccc(F)cc1CN1CCN(C(=O)CCCc2ncc(-c3ccccc3)o2)CC1. The van der Waals surface area contributed by atoms with Crippen LogP contribution in [0.3, 0.4) is 0 Å². The van der Waals surface area contributed by atoms with Crippen molar-refractivity contribution in [1.82, 2.24) is 14.8 Å². The molecule has 168 valence electrons. The van der Waals surface area contributed by atoms with E-state index in [1.807, 2.05) is 35.2 Å². The highest BCUT2D eigenvalue weighted by Crippen LogP contribution is 2.22. The zero-order valence-electron chi connectivity index (χ0n) is 18.3. The lowest BCUT2D eigenvalue weighted by Gasteiger charge is -2.35. The van der Waals surface area contributed by atoms with Crippen molar-refractivity contribution < 1.29 is 18.3 Å². The Morgan fingerprint density at radius 2 is 1.91 bits per heavy atom. The number of benzene rings is 2. The third kappa shape index (κ3) is 5.53. The van der Waals surface area contributed by atoms with Crippen LogP contribution in [0.5, 0.6) is 5.75 Å². The van der Waals surface area contributed by atoms with Gasteiger partial charge in [-0.3, -0.25) is 9.69 Å². The van der Waals surface area contributed by atoms with Crippen LogP contribution in [0.1, 0.15) is 24.3 Å². The summed E-state index contributed by atoms with van der Waals surface area (Å²) in [6.45, 7) is 3.47. The summed E-state index contributed by atoms with van der Waals surface area (Å²) in [5, 5.41) is 0. The van der Waals surface area contributed by atoms with Crippen LogP contribution in [-0.4, -0.2) is 54.0 Å². The molecule has 0 spiro atoms. The van der Waals surface area contributed by atoms with Crippen LogP contribution < -0.4 is 4.74 Å². The van der Waals surface area contributed by atoms with Crippen LogP contribution in [0.2, 0.25) is 0 Å². The molecule has 6 nitrogen and oxygen atoms in total. The first kappa shape index (κ1) is 22.0. The molecular weight excluding hydrogens is 409 g/mol. The molecule has 4 rings (SSSR count). The summed E-state index contributed by atoms with van der Waals surface area (Å²) in [6, 6.07) is 14.4. The van der Waals surface area contributed by atoms with Crippen molar-refractivity contribution in [1.29, 1.82) is 0 Å². The van der Waals surface area contributed by atoms with Gasteiger partial charge in [-0.25, -0.2) is 9.37 Å². The fourth-order valence-electron chi connectivity index (χ4n) is 3.98. The molecule has 0 atom stereocenters. The van der Waals surface area contributed by atoms with Gasteiger partial charge in [0, 0.05) is 56.7 Å². The van der Waals surface area contributed by atoms with Gasteiger partial charge in [0.05, 0.1) is 13.3 Å². The molecule has 0 saturated carbocycles. The number of carbonyl (C=O) groups is 1. The first-order chi connectivity index (χ1) is 15.6. The predicted molar refractivity (Wildman–Crippen MR) is 120 cm³/mol. The van der Waals surface area contributed by atoms with E-state index in [-0.39, 0.29) is 11.7 Å². The van der Waals surface area contributed by atoms with Crippen LogP contribution in [0.25, 0.3) is 11.3 Å². The van der Waals surface area contributed by atoms with Gasteiger partial charge < -0.3 is 14.1 Å². The molecule has 1 amide bonds. The molecule has 0 aliphatic carbocycles. The molecule has 1 aromatic heterocycles. The number of hydrogen-bond acceptors (Lipinski definition) is 5. The van der Waals surface area contributed by atoms with E-state index in [2.05, 4.69) is 9.88 Å². The Morgan fingerprint density at radius 3 is 2.66 bits per heavy atom. The first-order valence-electron chi connectivity index (χ1n) is 10.9. The number of ether oxygens (including phenoxy) is 1. The molecular formula is C25H28FN3O3. The maximum absolute atomic E-state index is 13.6. The molecule has 0 radical (unpaired) electrons. The van der Waals surface area contributed by atoms with Crippen molar-refractivity contribution in [3.8, 4) is 17.1 Å². The summed E-state index contributed by atoms with van der Waals surface area (Å²) in [5.74, 6) is 1.98. The molecule has 7 heteroatoms. The van der Waals surface area contributed by atoms with E-state index in [1.54, 1.807) is 19.4 Å². The highest BCUT2D eigenvalue weighted by atomic mass is 19.1. The summed E-state index contributed by atoms with van der Waals surface area (Å²) in [7, 11) is 1.59. The molecule has 0 N–H and O–H groups in total. The molecule has 32 heavy (non-hydrogen) atoms. The highest BCUT2D eigenvalue weighted by molar-refractivity contribution is 5.76. The number of carbonyl (C=O) groups excluding carboxylic acids is 1. The Balaban J connectivity index is 1.21. The minimum absolute atomic E-state index is 0.155. The van der Waals surface area contributed by atoms with E-state index in [9.17, 15) is 9.18 Å². The van der Waals surface area contributed by atoms with E-state index in [4.69, 9.17) is 9.15 Å². The van der Waals surface area contributed by atoms with Gasteiger partial charge in [-0.1, -0.05) is 30.3 Å². The minimum Gasteiger partial charge on any atom is -0.496 e.